The summed E-state index contributed by atoms with van der Waals surface area (Å²) in [5.74, 6) is 1.97. The van der Waals surface area contributed by atoms with Gasteiger partial charge in [-0.1, -0.05) is 25.5 Å². The topological polar surface area (TPSA) is 29.1 Å². The molecule has 1 aromatic rings. The normalized spacial score (nSPS) is 19.1. The van der Waals surface area contributed by atoms with Crippen LogP contribution in [-0.4, -0.2) is 24.1 Å². The number of carbonyl (C=O) groups excluding carboxylic acids is 1. The van der Waals surface area contributed by atoms with Crippen LogP contribution in [0.25, 0.3) is 0 Å². The molecule has 2 rings (SSSR count). The predicted molar refractivity (Wildman–Crippen MR) is 82.1 cm³/mol. The Bertz CT molecular complexity index is 450. The molecule has 1 unspecified atom stereocenters. The van der Waals surface area contributed by atoms with Crippen molar-refractivity contribution in [3.05, 3.63) is 29.3 Å². The highest BCUT2D eigenvalue weighted by Gasteiger charge is 2.25. The van der Waals surface area contributed by atoms with Gasteiger partial charge in [0.15, 0.2) is 5.78 Å². The summed E-state index contributed by atoms with van der Waals surface area (Å²) in [4.78, 5) is 13.7. The molecule has 0 spiro atoms. The van der Waals surface area contributed by atoms with Crippen LogP contribution in [0.1, 0.15) is 42.6 Å². The standard InChI is InChI=1S/C16H23NOS/c1-11(2)10-19-15-7-6-12(3)9-13(15)16(18)14-5-4-8-17-14/h6-7,9,11,14,17H,4-5,8,10H2,1-3H3. The van der Waals surface area contributed by atoms with Crippen molar-refractivity contribution >= 4 is 17.5 Å². The average molecular weight is 277 g/mol. The van der Waals surface area contributed by atoms with Crippen LogP contribution in [0.2, 0.25) is 0 Å². The number of aryl methyl sites for hydroxylation is 1. The largest absolute Gasteiger partial charge is 0.307 e. The lowest BCUT2D eigenvalue weighted by molar-refractivity contribution is 0.0949. The maximum atomic E-state index is 12.6. The molecule has 1 N–H and O–H groups in total. The third kappa shape index (κ3) is 3.83. The van der Waals surface area contributed by atoms with Crippen LogP contribution < -0.4 is 5.32 Å². The summed E-state index contributed by atoms with van der Waals surface area (Å²) in [6.45, 7) is 7.44. The van der Waals surface area contributed by atoms with Crippen LogP contribution in [0.5, 0.6) is 0 Å². The maximum absolute atomic E-state index is 12.6. The number of rotatable bonds is 5. The van der Waals surface area contributed by atoms with Crippen LogP contribution >= 0.6 is 11.8 Å². The zero-order valence-corrected chi connectivity index (χ0v) is 12.8. The maximum Gasteiger partial charge on any atom is 0.180 e. The van der Waals surface area contributed by atoms with Gasteiger partial charge in [0.25, 0.3) is 0 Å². The zero-order chi connectivity index (χ0) is 13.8. The number of carbonyl (C=O) groups is 1. The lowest BCUT2D eigenvalue weighted by Crippen LogP contribution is -2.31. The van der Waals surface area contributed by atoms with E-state index < -0.39 is 0 Å². The number of hydrogen-bond acceptors (Lipinski definition) is 3. The number of thioether (sulfide) groups is 1. The molecule has 1 aromatic carbocycles. The first-order valence-electron chi connectivity index (χ1n) is 7.09. The van der Waals surface area contributed by atoms with Crippen molar-refractivity contribution < 1.29 is 4.79 Å². The third-order valence-corrected chi connectivity index (χ3v) is 4.85. The summed E-state index contributed by atoms with van der Waals surface area (Å²) in [6, 6.07) is 6.28. The fraction of sp³-hybridized carbons (Fsp3) is 0.562. The highest BCUT2D eigenvalue weighted by molar-refractivity contribution is 7.99. The van der Waals surface area contributed by atoms with Crippen molar-refractivity contribution in [2.24, 2.45) is 5.92 Å². The highest BCUT2D eigenvalue weighted by atomic mass is 32.2. The van der Waals surface area contributed by atoms with Gasteiger partial charge < -0.3 is 5.32 Å². The second-order valence-corrected chi connectivity index (χ2v) is 6.78. The first-order valence-corrected chi connectivity index (χ1v) is 8.07. The minimum absolute atomic E-state index is 0.0280. The quantitative estimate of drug-likeness (QED) is 0.657. The molecule has 1 atom stereocenters. The van der Waals surface area contributed by atoms with Gasteiger partial charge >= 0.3 is 0 Å². The molecule has 0 saturated carbocycles. The minimum Gasteiger partial charge on any atom is -0.307 e. The van der Waals surface area contributed by atoms with Gasteiger partial charge in [-0.25, -0.2) is 0 Å². The van der Waals surface area contributed by atoms with E-state index in [0.717, 1.165) is 41.2 Å². The SMILES string of the molecule is Cc1ccc(SCC(C)C)c(C(=O)C2CCCN2)c1. The van der Waals surface area contributed by atoms with Gasteiger partial charge in [-0.2, -0.15) is 0 Å². The van der Waals surface area contributed by atoms with Crippen molar-refractivity contribution in [1.82, 2.24) is 5.32 Å². The van der Waals surface area contributed by atoms with E-state index in [4.69, 9.17) is 0 Å². The molecule has 0 aromatic heterocycles. The molecule has 0 aliphatic carbocycles. The molecule has 3 heteroatoms. The monoisotopic (exact) mass is 277 g/mol. The summed E-state index contributed by atoms with van der Waals surface area (Å²) >= 11 is 1.80. The summed E-state index contributed by atoms with van der Waals surface area (Å²) in [5.41, 5.74) is 2.07. The van der Waals surface area contributed by atoms with Crippen molar-refractivity contribution in [2.45, 2.75) is 44.6 Å². The van der Waals surface area contributed by atoms with Crippen molar-refractivity contribution in [1.29, 1.82) is 0 Å². The molecule has 1 heterocycles. The van der Waals surface area contributed by atoms with Crippen LogP contribution in [0.4, 0.5) is 0 Å². The van der Waals surface area contributed by atoms with Gasteiger partial charge in [-0.3, -0.25) is 4.79 Å². The second-order valence-electron chi connectivity index (χ2n) is 5.72. The Hall–Kier alpha value is -0.800. The van der Waals surface area contributed by atoms with Crippen molar-refractivity contribution in [2.75, 3.05) is 12.3 Å². The van der Waals surface area contributed by atoms with Crippen molar-refractivity contribution in [3.8, 4) is 0 Å². The van der Waals surface area contributed by atoms with E-state index in [2.05, 4.69) is 38.2 Å². The first kappa shape index (κ1) is 14.6. The molecule has 0 bridgehead atoms. The Labute approximate surface area is 120 Å². The lowest BCUT2D eigenvalue weighted by atomic mass is 10.0. The Morgan fingerprint density at radius 1 is 1.47 bits per heavy atom. The molecular weight excluding hydrogens is 254 g/mol. The van der Waals surface area contributed by atoms with Gasteiger partial charge in [0.2, 0.25) is 0 Å². The molecule has 104 valence electrons. The van der Waals surface area contributed by atoms with Crippen molar-refractivity contribution in [3.63, 3.8) is 0 Å². The van der Waals surface area contributed by atoms with Gasteiger partial charge in [0.1, 0.15) is 0 Å². The summed E-state index contributed by atoms with van der Waals surface area (Å²) in [6.07, 6.45) is 2.08. The van der Waals surface area contributed by atoms with Gasteiger partial charge in [-0.05, 0) is 44.4 Å². The third-order valence-electron chi connectivity index (χ3n) is 3.35. The molecule has 19 heavy (non-hydrogen) atoms. The number of hydrogen-bond donors (Lipinski definition) is 1. The molecule has 0 amide bonds. The zero-order valence-electron chi connectivity index (χ0n) is 12.0. The summed E-state index contributed by atoms with van der Waals surface area (Å²) in [7, 11) is 0. The fourth-order valence-electron chi connectivity index (χ4n) is 2.31. The van der Waals surface area contributed by atoms with Crippen LogP contribution in [0.3, 0.4) is 0 Å². The number of benzene rings is 1. The minimum atomic E-state index is 0.0280. The van der Waals surface area contributed by atoms with E-state index >= 15 is 0 Å². The Morgan fingerprint density at radius 2 is 2.26 bits per heavy atom. The number of nitrogens with one attached hydrogen (secondary N) is 1. The van der Waals surface area contributed by atoms with E-state index in [1.54, 1.807) is 11.8 Å². The molecular formula is C16H23NOS. The van der Waals surface area contributed by atoms with Gasteiger partial charge in [0, 0.05) is 16.2 Å². The number of Topliss-reactive ketones (excluding diaryl/α,β-unsaturated/α-hetero) is 1. The van der Waals surface area contributed by atoms with Crippen LogP contribution in [-0.2, 0) is 0 Å². The molecule has 1 fully saturated rings. The predicted octanol–water partition coefficient (Wildman–Crippen LogP) is 3.68. The van der Waals surface area contributed by atoms with E-state index in [-0.39, 0.29) is 11.8 Å². The van der Waals surface area contributed by atoms with E-state index in [1.807, 2.05) is 6.07 Å². The molecule has 1 saturated heterocycles. The van der Waals surface area contributed by atoms with E-state index in [9.17, 15) is 4.79 Å². The van der Waals surface area contributed by atoms with Crippen LogP contribution in [0, 0.1) is 12.8 Å². The summed E-state index contributed by atoms with van der Waals surface area (Å²) in [5, 5.41) is 3.31. The van der Waals surface area contributed by atoms with E-state index in [1.165, 1.54) is 0 Å². The molecule has 1 aliphatic rings. The average Bonchev–Trinajstić information content (AvgIpc) is 2.90. The summed E-state index contributed by atoms with van der Waals surface area (Å²) < 4.78 is 0. The molecule has 0 radical (unpaired) electrons. The Kier molecular flexibility index (Phi) is 5.06. The van der Waals surface area contributed by atoms with E-state index in [0.29, 0.717) is 5.92 Å². The highest BCUT2D eigenvalue weighted by Crippen LogP contribution is 2.27. The Balaban J connectivity index is 2.20. The van der Waals surface area contributed by atoms with Gasteiger partial charge in [0.05, 0.1) is 6.04 Å². The smallest absolute Gasteiger partial charge is 0.180 e. The molecule has 1 aliphatic heterocycles. The first-order chi connectivity index (χ1) is 9.08. The van der Waals surface area contributed by atoms with Gasteiger partial charge in [-0.15, -0.1) is 11.8 Å². The number of ketones is 1. The molecule has 2 nitrogen and oxygen atoms in total. The second kappa shape index (κ2) is 6.58. The lowest BCUT2D eigenvalue weighted by Gasteiger charge is -2.14. The fourth-order valence-corrected chi connectivity index (χ4v) is 3.31. The van der Waals surface area contributed by atoms with Crippen LogP contribution in [0.15, 0.2) is 23.1 Å². The Morgan fingerprint density at radius 3 is 2.89 bits per heavy atom.